The van der Waals surface area contributed by atoms with Gasteiger partial charge in [-0.05, 0) is 37.0 Å². The SMILES string of the molecule is COC(=O)CO/N=C1\C=C\CC/C=C/CCOC(=O)c2c(O)cc(O)cc2C1. The molecule has 0 spiro atoms. The summed E-state index contributed by atoms with van der Waals surface area (Å²) in [5.74, 6) is -1.87. The summed E-state index contributed by atoms with van der Waals surface area (Å²) in [5.41, 5.74) is 0.664. The highest BCUT2D eigenvalue weighted by Gasteiger charge is 2.20. The Labute approximate surface area is 162 Å². The van der Waals surface area contributed by atoms with Crippen molar-refractivity contribution < 1.29 is 34.1 Å². The lowest BCUT2D eigenvalue weighted by atomic mass is 10.00. The van der Waals surface area contributed by atoms with E-state index < -0.39 is 11.9 Å². The fourth-order valence-electron chi connectivity index (χ4n) is 2.53. The van der Waals surface area contributed by atoms with Crippen LogP contribution in [0, 0.1) is 0 Å². The Hall–Kier alpha value is -3.29. The van der Waals surface area contributed by atoms with E-state index in [1.807, 2.05) is 18.2 Å². The van der Waals surface area contributed by atoms with E-state index >= 15 is 0 Å². The second kappa shape index (κ2) is 10.8. The number of nitrogens with zero attached hydrogens (tertiary/aromatic N) is 1. The molecule has 1 aliphatic rings. The molecule has 0 aromatic heterocycles. The molecule has 2 rings (SSSR count). The van der Waals surface area contributed by atoms with Crippen LogP contribution in [-0.4, -0.2) is 48.2 Å². The van der Waals surface area contributed by atoms with E-state index in [4.69, 9.17) is 9.57 Å². The van der Waals surface area contributed by atoms with Crippen LogP contribution in [0.3, 0.4) is 0 Å². The fraction of sp³-hybridized carbons (Fsp3) is 0.350. The molecule has 0 fully saturated rings. The average molecular weight is 389 g/mol. The van der Waals surface area contributed by atoms with Crippen molar-refractivity contribution in [3.05, 3.63) is 47.6 Å². The van der Waals surface area contributed by atoms with Crippen LogP contribution in [0.25, 0.3) is 0 Å². The third kappa shape index (κ3) is 6.46. The van der Waals surface area contributed by atoms with Gasteiger partial charge in [0, 0.05) is 12.5 Å². The number of cyclic esters (lactones) is 1. The molecule has 0 bridgehead atoms. The topological polar surface area (TPSA) is 115 Å². The van der Waals surface area contributed by atoms with Crippen molar-refractivity contribution >= 4 is 17.7 Å². The number of esters is 2. The van der Waals surface area contributed by atoms with Gasteiger partial charge in [0.15, 0.2) is 0 Å². The summed E-state index contributed by atoms with van der Waals surface area (Å²) in [6, 6.07) is 2.43. The molecule has 0 amide bonds. The predicted octanol–water partition coefficient (Wildman–Crippen LogP) is 2.64. The van der Waals surface area contributed by atoms with Gasteiger partial charge in [0.05, 0.1) is 19.4 Å². The summed E-state index contributed by atoms with van der Waals surface area (Å²) in [5, 5.41) is 23.9. The molecule has 0 saturated heterocycles. The standard InChI is InChI=1S/C20H23NO7/c1-26-18(24)13-28-21-15-8-6-4-2-3-5-7-9-27-20(25)19-14(10-15)11-16(22)12-17(19)23/h3,5-6,8,11-12,22-23H,2,4,7,9-10,13H2,1H3/b5-3+,8-6+,21-15+. The first-order valence-corrected chi connectivity index (χ1v) is 8.80. The first-order chi connectivity index (χ1) is 13.5. The van der Waals surface area contributed by atoms with Crippen molar-refractivity contribution in [1.29, 1.82) is 0 Å². The zero-order valence-corrected chi connectivity index (χ0v) is 15.6. The quantitative estimate of drug-likeness (QED) is 0.464. The van der Waals surface area contributed by atoms with Crippen molar-refractivity contribution in [2.45, 2.75) is 25.7 Å². The highest BCUT2D eigenvalue weighted by atomic mass is 16.6. The van der Waals surface area contributed by atoms with Crippen molar-refractivity contribution in [1.82, 2.24) is 0 Å². The number of allylic oxidation sites excluding steroid dienone is 3. The Morgan fingerprint density at radius 2 is 1.93 bits per heavy atom. The lowest BCUT2D eigenvalue weighted by molar-refractivity contribution is -0.145. The Morgan fingerprint density at radius 1 is 1.18 bits per heavy atom. The van der Waals surface area contributed by atoms with E-state index in [1.165, 1.54) is 13.2 Å². The van der Waals surface area contributed by atoms with Crippen molar-refractivity contribution in [3.8, 4) is 11.5 Å². The van der Waals surface area contributed by atoms with Gasteiger partial charge in [-0.15, -0.1) is 0 Å². The number of aromatic hydroxyl groups is 2. The lowest BCUT2D eigenvalue weighted by Crippen LogP contribution is -2.13. The van der Waals surface area contributed by atoms with Gasteiger partial charge < -0.3 is 24.5 Å². The Morgan fingerprint density at radius 3 is 2.71 bits per heavy atom. The Bertz CT molecular complexity index is 796. The van der Waals surface area contributed by atoms with Crippen LogP contribution in [0.5, 0.6) is 11.5 Å². The van der Waals surface area contributed by atoms with E-state index in [9.17, 15) is 19.8 Å². The molecule has 8 nitrogen and oxygen atoms in total. The number of benzene rings is 1. The molecule has 0 radical (unpaired) electrons. The minimum absolute atomic E-state index is 0.0482. The van der Waals surface area contributed by atoms with Crippen LogP contribution in [0.1, 0.15) is 35.2 Å². The van der Waals surface area contributed by atoms with Crippen LogP contribution in [-0.2, 0) is 25.5 Å². The third-order valence-corrected chi connectivity index (χ3v) is 3.85. The summed E-state index contributed by atoms with van der Waals surface area (Å²) < 4.78 is 9.71. The van der Waals surface area contributed by atoms with E-state index in [1.54, 1.807) is 6.08 Å². The van der Waals surface area contributed by atoms with Gasteiger partial charge in [0.25, 0.3) is 0 Å². The number of hydrogen-bond acceptors (Lipinski definition) is 8. The molecule has 2 N–H and O–H groups in total. The summed E-state index contributed by atoms with van der Waals surface area (Å²) in [7, 11) is 1.24. The number of hydrogen-bond donors (Lipinski definition) is 2. The third-order valence-electron chi connectivity index (χ3n) is 3.85. The van der Waals surface area contributed by atoms with E-state index in [0.29, 0.717) is 17.7 Å². The molecule has 1 heterocycles. The van der Waals surface area contributed by atoms with Crippen molar-refractivity contribution in [2.75, 3.05) is 20.3 Å². The maximum absolute atomic E-state index is 12.4. The fourth-order valence-corrected chi connectivity index (χ4v) is 2.53. The summed E-state index contributed by atoms with van der Waals surface area (Å²) in [6.07, 6.45) is 9.68. The van der Waals surface area contributed by atoms with Crippen LogP contribution in [0.15, 0.2) is 41.6 Å². The average Bonchev–Trinajstić information content (AvgIpc) is 2.65. The molecule has 150 valence electrons. The van der Waals surface area contributed by atoms with Crippen molar-refractivity contribution in [2.24, 2.45) is 5.16 Å². The largest absolute Gasteiger partial charge is 0.508 e. The number of ether oxygens (including phenoxy) is 2. The van der Waals surface area contributed by atoms with Crippen LogP contribution in [0.2, 0.25) is 0 Å². The number of phenols is 2. The second-order valence-corrected chi connectivity index (χ2v) is 5.98. The highest BCUT2D eigenvalue weighted by Crippen LogP contribution is 2.29. The molecule has 0 aliphatic carbocycles. The van der Waals surface area contributed by atoms with Gasteiger partial charge in [0.2, 0.25) is 6.61 Å². The van der Waals surface area contributed by atoms with Crippen molar-refractivity contribution in [3.63, 3.8) is 0 Å². The van der Waals surface area contributed by atoms with Gasteiger partial charge in [-0.25, -0.2) is 9.59 Å². The van der Waals surface area contributed by atoms with E-state index in [0.717, 1.165) is 18.9 Å². The van der Waals surface area contributed by atoms with Gasteiger partial charge in [-0.3, -0.25) is 0 Å². The molecule has 1 aromatic carbocycles. The van der Waals surface area contributed by atoms with Gasteiger partial charge in [-0.1, -0.05) is 23.4 Å². The second-order valence-electron chi connectivity index (χ2n) is 5.98. The van der Waals surface area contributed by atoms with E-state index in [-0.39, 0.29) is 36.7 Å². The van der Waals surface area contributed by atoms with E-state index in [2.05, 4.69) is 9.89 Å². The molecule has 8 heteroatoms. The number of oxime groups is 1. The smallest absolute Gasteiger partial charge is 0.346 e. The number of fused-ring (bicyclic) bond motifs is 1. The molecule has 1 aromatic rings. The van der Waals surface area contributed by atoms with Crippen LogP contribution < -0.4 is 0 Å². The maximum Gasteiger partial charge on any atom is 0.346 e. The van der Waals surface area contributed by atoms with Gasteiger partial charge in [-0.2, -0.15) is 0 Å². The Balaban J connectivity index is 2.36. The summed E-state index contributed by atoms with van der Waals surface area (Å²) >= 11 is 0. The monoisotopic (exact) mass is 389 g/mol. The molecule has 28 heavy (non-hydrogen) atoms. The Kier molecular flexibility index (Phi) is 8.08. The number of carbonyl (C=O) groups is 2. The van der Waals surface area contributed by atoms with Gasteiger partial charge in [0.1, 0.15) is 17.1 Å². The highest BCUT2D eigenvalue weighted by molar-refractivity contribution is 6.00. The normalized spacial score (nSPS) is 19.0. The molecule has 0 unspecified atom stereocenters. The molecule has 0 atom stereocenters. The first kappa shape index (κ1) is 21.0. The zero-order chi connectivity index (χ0) is 20.4. The minimum atomic E-state index is -0.697. The number of methoxy groups -OCH3 is 1. The molecular formula is C20H23NO7. The first-order valence-electron chi connectivity index (χ1n) is 8.80. The minimum Gasteiger partial charge on any atom is -0.508 e. The number of rotatable bonds is 3. The lowest BCUT2D eigenvalue weighted by Gasteiger charge is -2.12. The number of carbonyl (C=O) groups excluding carboxylic acids is 2. The zero-order valence-electron chi connectivity index (χ0n) is 15.6. The molecule has 0 saturated carbocycles. The molecule has 1 aliphatic heterocycles. The van der Waals surface area contributed by atoms with Gasteiger partial charge >= 0.3 is 11.9 Å². The maximum atomic E-state index is 12.4. The number of phenolic OH excluding ortho intramolecular Hbond substituents is 2. The summed E-state index contributed by atoms with van der Waals surface area (Å²) in [6.45, 7) is -0.190. The van der Waals surface area contributed by atoms with Crippen LogP contribution in [0.4, 0.5) is 0 Å². The predicted molar refractivity (Wildman–Crippen MR) is 101 cm³/mol. The molecular weight excluding hydrogens is 366 g/mol. The van der Waals surface area contributed by atoms with Crippen LogP contribution >= 0.6 is 0 Å². The summed E-state index contributed by atoms with van der Waals surface area (Å²) in [4.78, 5) is 28.6.